The average molecular weight is 401 g/mol. The van der Waals surface area contributed by atoms with Gasteiger partial charge in [0.25, 0.3) is 0 Å². The van der Waals surface area contributed by atoms with E-state index in [1.807, 2.05) is 0 Å². The molecule has 0 saturated heterocycles. The average Bonchev–Trinajstić information content (AvgIpc) is 2.72. The lowest BCUT2D eigenvalue weighted by Crippen LogP contribution is -2.36. The van der Waals surface area contributed by atoms with Crippen LogP contribution in [-0.4, -0.2) is 8.07 Å². The number of alkyl halides is 1. The summed E-state index contributed by atoms with van der Waals surface area (Å²) in [6, 6.07) is 19.1. The van der Waals surface area contributed by atoms with Crippen LogP contribution < -0.4 is 0 Å². The fraction of sp³-hybridized carbons (Fsp3) is 0.520. The molecule has 1 unspecified atom stereocenters. The maximum Gasteiger partial charge on any atom is 0.0827 e. The fourth-order valence-electron chi connectivity index (χ4n) is 4.42. The number of unbranched alkanes of at least 4 members (excludes halogenated alkanes) is 4. The molecule has 0 radical (unpaired) electrons. The van der Waals surface area contributed by atoms with Gasteiger partial charge in [0.2, 0.25) is 0 Å². The van der Waals surface area contributed by atoms with Gasteiger partial charge in [0.15, 0.2) is 0 Å². The number of halogens is 1. The van der Waals surface area contributed by atoms with Gasteiger partial charge in [0.05, 0.1) is 13.5 Å². The lowest BCUT2D eigenvalue weighted by atomic mass is 10.0. The standard InChI is InChI=1S/C25H37ClSi/c1-5-9-10-11-12-20-24(27(6-2,7-3)8-4)25(26)23-19-15-17-21-16-13-14-18-22(21)23/h13-20,25H,5-12H2,1-4H3/b24-20-. The zero-order valence-corrected chi connectivity index (χ0v) is 19.5. The van der Waals surface area contributed by atoms with Crippen molar-refractivity contribution in [2.75, 3.05) is 0 Å². The van der Waals surface area contributed by atoms with E-state index in [9.17, 15) is 0 Å². The largest absolute Gasteiger partial charge is 0.113 e. The summed E-state index contributed by atoms with van der Waals surface area (Å²) in [5.41, 5.74) is 1.29. The maximum atomic E-state index is 7.28. The molecule has 2 aromatic rings. The molecule has 0 aliphatic heterocycles. The Balaban J connectivity index is 2.43. The first-order valence-corrected chi connectivity index (χ1v) is 14.0. The number of allylic oxidation sites excluding steroid dienone is 2. The predicted molar refractivity (Wildman–Crippen MR) is 127 cm³/mol. The molecule has 0 heterocycles. The highest BCUT2D eigenvalue weighted by atomic mass is 35.5. The van der Waals surface area contributed by atoms with Crippen LogP contribution in [0, 0.1) is 0 Å². The molecule has 27 heavy (non-hydrogen) atoms. The van der Waals surface area contributed by atoms with Crippen molar-refractivity contribution in [1.29, 1.82) is 0 Å². The zero-order chi connectivity index (χ0) is 19.7. The molecular formula is C25H37ClSi. The van der Waals surface area contributed by atoms with Gasteiger partial charge >= 0.3 is 0 Å². The van der Waals surface area contributed by atoms with Crippen LogP contribution in [0.2, 0.25) is 18.1 Å². The number of hydrogen-bond acceptors (Lipinski definition) is 0. The van der Waals surface area contributed by atoms with E-state index in [0.717, 1.165) is 0 Å². The third-order valence-electron chi connectivity index (χ3n) is 6.43. The van der Waals surface area contributed by atoms with Crippen LogP contribution in [0.25, 0.3) is 10.8 Å². The van der Waals surface area contributed by atoms with Crippen molar-refractivity contribution in [3.05, 3.63) is 59.3 Å². The second kappa shape index (κ2) is 11.1. The van der Waals surface area contributed by atoms with Crippen molar-refractivity contribution in [3.8, 4) is 0 Å². The maximum absolute atomic E-state index is 7.28. The van der Waals surface area contributed by atoms with Crippen molar-refractivity contribution in [2.24, 2.45) is 0 Å². The molecule has 0 spiro atoms. The van der Waals surface area contributed by atoms with Crippen molar-refractivity contribution in [3.63, 3.8) is 0 Å². The van der Waals surface area contributed by atoms with Crippen LogP contribution in [0.1, 0.15) is 70.7 Å². The van der Waals surface area contributed by atoms with E-state index in [2.05, 4.69) is 76.2 Å². The van der Waals surface area contributed by atoms with Crippen LogP contribution >= 0.6 is 11.6 Å². The zero-order valence-electron chi connectivity index (χ0n) is 17.7. The molecule has 0 nitrogen and oxygen atoms in total. The lowest BCUT2D eigenvalue weighted by molar-refractivity contribution is 0.673. The topological polar surface area (TPSA) is 0 Å². The number of rotatable bonds is 11. The molecule has 0 amide bonds. The van der Waals surface area contributed by atoms with Gasteiger partial charge in [0, 0.05) is 0 Å². The Labute approximate surface area is 173 Å². The summed E-state index contributed by atoms with van der Waals surface area (Å²) < 4.78 is 0. The summed E-state index contributed by atoms with van der Waals surface area (Å²) in [6.07, 6.45) is 8.99. The Morgan fingerprint density at radius 2 is 1.56 bits per heavy atom. The van der Waals surface area contributed by atoms with Gasteiger partial charge in [-0.15, -0.1) is 11.6 Å². The molecule has 0 aliphatic rings. The second-order valence-corrected chi connectivity index (χ2v) is 13.5. The smallest absolute Gasteiger partial charge is 0.0827 e. The molecule has 0 aromatic heterocycles. The molecule has 148 valence electrons. The molecule has 2 aromatic carbocycles. The van der Waals surface area contributed by atoms with Crippen molar-refractivity contribution in [1.82, 2.24) is 0 Å². The minimum Gasteiger partial charge on any atom is -0.113 e. The molecule has 0 N–H and O–H groups in total. The molecule has 2 rings (SSSR count). The van der Waals surface area contributed by atoms with Crippen LogP contribution in [0.4, 0.5) is 0 Å². The molecule has 0 saturated carbocycles. The third kappa shape index (κ3) is 5.27. The Morgan fingerprint density at radius 1 is 0.889 bits per heavy atom. The number of hydrogen-bond donors (Lipinski definition) is 0. The Hall–Kier alpha value is -1.05. The van der Waals surface area contributed by atoms with E-state index in [1.165, 1.54) is 66.6 Å². The van der Waals surface area contributed by atoms with Crippen molar-refractivity contribution >= 4 is 30.4 Å². The van der Waals surface area contributed by atoms with Gasteiger partial charge < -0.3 is 0 Å². The van der Waals surface area contributed by atoms with E-state index in [0.29, 0.717) is 0 Å². The minimum absolute atomic E-state index is 0.00814. The molecule has 1 atom stereocenters. The van der Waals surface area contributed by atoms with Gasteiger partial charge in [-0.2, -0.15) is 0 Å². The summed E-state index contributed by atoms with van der Waals surface area (Å²) in [4.78, 5) is 0. The van der Waals surface area contributed by atoms with Crippen molar-refractivity contribution in [2.45, 2.75) is 83.3 Å². The van der Waals surface area contributed by atoms with E-state index < -0.39 is 8.07 Å². The summed E-state index contributed by atoms with van der Waals surface area (Å²) in [6.45, 7) is 9.43. The predicted octanol–water partition coefficient (Wildman–Crippen LogP) is 9.06. The van der Waals surface area contributed by atoms with Gasteiger partial charge in [0.1, 0.15) is 0 Å². The van der Waals surface area contributed by atoms with E-state index >= 15 is 0 Å². The molecule has 2 heteroatoms. The summed E-state index contributed by atoms with van der Waals surface area (Å²) in [7, 11) is -1.52. The molecule has 0 bridgehead atoms. The lowest BCUT2D eigenvalue weighted by Gasteiger charge is -2.35. The molecular weight excluding hydrogens is 364 g/mol. The van der Waals surface area contributed by atoms with Crippen LogP contribution in [0.15, 0.2) is 53.7 Å². The monoisotopic (exact) mass is 400 g/mol. The fourth-order valence-corrected chi connectivity index (χ4v) is 9.39. The Bertz CT molecular complexity index is 716. The Morgan fingerprint density at radius 3 is 2.22 bits per heavy atom. The highest BCUT2D eigenvalue weighted by molar-refractivity contribution is 6.87. The second-order valence-electron chi connectivity index (χ2n) is 7.78. The van der Waals surface area contributed by atoms with Gasteiger partial charge in [-0.25, -0.2) is 0 Å². The number of fused-ring (bicyclic) bond motifs is 1. The van der Waals surface area contributed by atoms with E-state index in [1.54, 1.807) is 5.20 Å². The van der Waals surface area contributed by atoms with Gasteiger partial charge in [-0.1, -0.05) is 119 Å². The highest BCUT2D eigenvalue weighted by Crippen LogP contribution is 2.42. The normalized spacial score (nSPS) is 13.9. The van der Waals surface area contributed by atoms with Crippen LogP contribution in [0.5, 0.6) is 0 Å². The Kier molecular flexibility index (Phi) is 9.12. The van der Waals surface area contributed by atoms with E-state index in [-0.39, 0.29) is 5.38 Å². The van der Waals surface area contributed by atoms with Crippen LogP contribution in [-0.2, 0) is 0 Å². The third-order valence-corrected chi connectivity index (χ3v) is 12.9. The highest BCUT2D eigenvalue weighted by Gasteiger charge is 2.35. The summed E-state index contributed by atoms with van der Waals surface area (Å²) in [5.74, 6) is 0. The molecule has 0 fully saturated rings. The first-order valence-electron chi connectivity index (χ1n) is 11.0. The quantitative estimate of drug-likeness (QED) is 0.200. The van der Waals surface area contributed by atoms with E-state index in [4.69, 9.17) is 11.6 Å². The first kappa shape index (κ1) is 22.2. The van der Waals surface area contributed by atoms with Crippen LogP contribution in [0.3, 0.4) is 0 Å². The minimum atomic E-state index is -1.52. The SMILES string of the molecule is CCCCCC/C=C(/C(Cl)c1cccc2ccccc12)[Si](CC)(CC)CC. The summed E-state index contributed by atoms with van der Waals surface area (Å²) >= 11 is 7.28. The number of benzene rings is 2. The summed E-state index contributed by atoms with van der Waals surface area (Å²) in [5, 5.41) is 4.20. The van der Waals surface area contributed by atoms with Gasteiger partial charge in [-0.05, 0) is 29.2 Å². The van der Waals surface area contributed by atoms with Gasteiger partial charge in [-0.3, -0.25) is 0 Å². The molecule has 0 aliphatic carbocycles. The van der Waals surface area contributed by atoms with Crippen molar-refractivity contribution < 1.29 is 0 Å². The first-order chi connectivity index (χ1) is 13.1.